The molecule has 2 unspecified atom stereocenters. The summed E-state index contributed by atoms with van der Waals surface area (Å²) in [6.45, 7) is 0. The number of benzene rings is 1. The van der Waals surface area contributed by atoms with Gasteiger partial charge in [0, 0.05) is 12.0 Å². The Kier molecular flexibility index (Phi) is 1.45. The first-order valence-corrected chi connectivity index (χ1v) is 3.76. The lowest BCUT2D eigenvalue weighted by atomic mass is 10.1. The first-order chi connectivity index (χ1) is 5.62. The Hall–Kier alpha value is -0.960. The highest BCUT2D eigenvalue weighted by atomic mass is 19.2. The van der Waals surface area contributed by atoms with Crippen LogP contribution in [0.15, 0.2) is 24.3 Å². The Balaban J connectivity index is 2.55. The van der Waals surface area contributed by atoms with Gasteiger partial charge in [-0.15, -0.1) is 0 Å². The largest absolute Gasteiger partial charge is 0.356 e. The summed E-state index contributed by atoms with van der Waals surface area (Å²) >= 11 is 0. The number of hydrogen-bond donors (Lipinski definition) is 1. The molecule has 0 heterocycles. The van der Waals surface area contributed by atoms with Crippen molar-refractivity contribution >= 4 is 0 Å². The number of halogens is 2. The highest BCUT2D eigenvalue weighted by Crippen LogP contribution is 2.39. The van der Waals surface area contributed by atoms with E-state index >= 15 is 0 Å². The molecule has 2 rings (SSSR count). The quantitative estimate of drug-likeness (QED) is 0.628. The summed E-state index contributed by atoms with van der Waals surface area (Å²) in [7, 11) is 0. The first-order valence-electron chi connectivity index (χ1n) is 3.76. The maximum Gasteiger partial charge on any atom is 0.265 e. The van der Waals surface area contributed by atoms with Gasteiger partial charge < -0.3 is 5.11 Å². The molecule has 2 atom stereocenters. The van der Waals surface area contributed by atoms with Crippen LogP contribution in [-0.4, -0.2) is 11.3 Å². The molecule has 0 amide bonds. The summed E-state index contributed by atoms with van der Waals surface area (Å²) in [6, 6.07) is 6.32. The fourth-order valence-corrected chi connectivity index (χ4v) is 1.54. The maximum atomic E-state index is 13.2. The molecule has 0 spiro atoms. The van der Waals surface area contributed by atoms with Crippen LogP contribution in [0.4, 0.5) is 8.78 Å². The molecule has 0 aromatic heterocycles. The van der Waals surface area contributed by atoms with E-state index in [-0.39, 0.29) is 12.0 Å². The van der Waals surface area contributed by atoms with Crippen LogP contribution in [0.5, 0.6) is 0 Å². The third-order valence-electron chi connectivity index (χ3n) is 2.21. The average molecular weight is 170 g/mol. The van der Waals surface area contributed by atoms with Crippen LogP contribution < -0.4 is 0 Å². The van der Waals surface area contributed by atoms with E-state index in [9.17, 15) is 8.78 Å². The molecule has 1 aliphatic rings. The number of aliphatic hydroxyl groups is 1. The Bertz CT molecular complexity index is 309. The lowest BCUT2D eigenvalue weighted by Gasteiger charge is -2.15. The summed E-state index contributed by atoms with van der Waals surface area (Å²) < 4.78 is 26.0. The minimum Gasteiger partial charge on any atom is -0.356 e. The van der Waals surface area contributed by atoms with Gasteiger partial charge in [0.2, 0.25) is 0 Å². The average Bonchev–Trinajstić information content (AvgIpc) is 2.25. The third-order valence-corrected chi connectivity index (χ3v) is 2.21. The zero-order valence-electron chi connectivity index (χ0n) is 6.30. The zero-order valence-corrected chi connectivity index (χ0v) is 6.30. The number of rotatable bonds is 0. The van der Waals surface area contributed by atoms with Crippen molar-refractivity contribution in [2.45, 2.75) is 18.4 Å². The zero-order chi connectivity index (χ0) is 8.77. The van der Waals surface area contributed by atoms with Crippen molar-refractivity contribution in [2.75, 3.05) is 0 Å². The molecule has 1 aliphatic carbocycles. The SMILES string of the molecule is OC1(F)c2ccccc2CC1F. The lowest BCUT2D eigenvalue weighted by molar-refractivity contribution is -0.140. The minimum atomic E-state index is -2.78. The van der Waals surface area contributed by atoms with E-state index in [2.05, 4.69) is 0 Å². The molecule has 64 valence electrons. The molecule has 0 radical (unpaired) electrons. The van der Waals surface area contributed by atoms with Gasteiger partial charge in [-0.2, -0.15) is 0 Å². The van der Waals surface area contributed by atoms with Gasteiger partial charge in [0.15, 0.2) is 6.17 Å². The highest BCUT2D eigenvalue weighted by molar-refractivity contribution is 5.37. The topological polar surface area (TPSA) is 20.2 Å². The summed E-state index contributed by atoms with van der Waals surface area (Å²) in [4.78, 5) is 0. The second kappa shape index (κ2) is 2.26. The molecule has 0 saturated carbocycles. The fourth-order valence-electron chi connectivity index (χ4n) is 1.54. The molecular formula is C9H8F2O. The minimum absolute atomic E-state index is 0.0385. The van der Waals surface area contributed by atoms with E-state index in [0.29, 0.717) is 5.56 Å². The number of alkyl halides is 2. The molecule has 1 nitrogen and oxygen atoms in total. The van der Waals surface area contributed by atoms with Gasteiger partial charge in [0.25, 0.3) is 5.85 Å². The summed E-state index contributed by atoms with van der Waals surface area (Å²) in [5.41, 5.74) is 0.618. The molecule has 1 N–H and O–H groups in total. The molecule has 1 aromatic carbocycles. The number of hydrogen-bond acceptors (Lipinski definition) is 1. The first kappa shape index (κ1) is 7.68. The Morgan fingerprint density at radius 1 is 1.42 bits per heavy atom. The van der Waals surface area contributed by atoms with Crippen molar-refractivity contribution in [2.24, 2.45) is 0 Å². The fraction of sp³-hybridized carbons (Fsp3) is 0.333. The third kappa shape index (κ3) is 0.862. The highest BCUT2D eigenvalue weighted by Gasteiger charge is 2.46. The van der Waals surface area contributed by atoms with E-state index in [1.807, 2.05) is 0 Å². The van der Waals surface area contributed by atoms with Gasteiger partial charge in [0.1, 0.15) is 0 Å². The molecule has 12 heavy (non-hydrogen) atoms. The summed E-state index contributed by atoms with van der Waals surface area (Å²) in [5.74, 6) is -2.78. The van der Waals surface area contributed by atoms with Crippen LogP contribution in [0, 0.1) is 0 Å². The van der Waals surface area contributed by atoms with Gasteiger partial charge in [-0.25, -0.2) is 8.78 Å². The monoisotopic (exact) mass is 170 g/mol. The Morgan fingerprint density at radius 3 is 2.75 bits per heavy atom. The lowest BCUT2D eigenvalue weighted by Crippen LogP contribution is -2.26. The second-order valence-corrected chi connectivity index (χ2v) is 3.00. The summed E-state index contributed by atoms with van der Waals surface area (Å²) in [5, 5.41) is 9.07. The van der Waals surface area contributed by atoms with Crippen LogP contribution in [0.25, 0.3) is 0 Å². The smallest absolute Gasteiger partial charge is 0.265 e. The molecular weight excluding hydrogens is 162 g/mol. The standard InChI is InChI=1S/C9H8F2O/c10-8-5-6-3-1-2-4-7(6)9(8,11)12/h1-4,8,12H,5H2. The van der Waals surface area contributed by atoms with Crippen molar-refractivity contribution < 1.29 is 13.9 Å². The van der Waals surface area contributed by atoms with E-state index in [1.54, 1.807) is 18.2 Å². The molecule has 0 aliphatic heterocycles. The van der Waals surface area contributed by atoms with Crippen LogP contribution in [0.1, 0.15) is 11.1 Å². The van der Waals surface area contributed by atoms with Crippen LogP contribution in [-0.2, 0) is 12.3 Å². The molecule has 0 saturated heterocycles. The van der Waals surface area contributed by atoms with Crippen molar-refractivity contribution in [1.82, 2.24) is 0 Å². The normalized spacial score (nSPS) is 33.4. The predicted octanol–water partition coefficient (Wildman–Crippen LogP) is 1.70. The van der Waals surface area contributed by atoms with Crippen molar-refractivity contribution in [3.05, 3.63) is 35.4 Å². The van der Waals surface area contributed by atoms with Crippen molar-refractivity contribution in [1.29, 1.82) is 0 Å². The number of fused-ring (bicyclic) bond motifs is 1. The van der Waals surface area contributed by atoms with Gasteiger partial charge >= 0.3 is 0 Å². The van der Waals surface area contributed by atoms with Crippen LogP contribution in [0.2, 0.25) is 0 Å². The van der Waals surface area contributed by atoms with E-state index in [0.717, 1.165) is 0 Å². The van der Waals surface area contributed by atoms with E-state index in [1.165, 1.54) is 6.07 Å². The van der Waals surface area contributed by atoms with E-state index in [4.69, 9.17) is 5.11 Å². The van der Waals surface area contributed by atoms with Crippen molar-refractivity contribution in [3.63, 3.8) is 0 Å². The molecule has 3 heteroatoms. The predicted molar refractivity (Wildman–Crippen MR) is 40.0 cm³/mol. The van der Waals surface area contributed by atoms with Crippen LogP contribution >= 0.6 is 0 Å². The van der Waals surface area contributed by atoms with Gasteiger partial charge in [-0.3, -0.25) is 0 Å². The Labute approximate surface area is 68.6 Å². The van der Waals surface area contributed by atoms with Gasteiger partial charge in [-0.1, -0.05) is 24.3 Å². The van der Waals surface area contributed by atoms with E-state index < -0.39 is 12.0 Å². The second-order valence-electron chi connectivity index (χ2n) is 3.00. The maximum absolute atomic E-state index is 13.2. The molecule has 0 bridgehead atoms. The Morgan fingerprint density at radius 2 is 2.08 bits per heavy atom. The van der Waals surface area contributed by atoms with Gasteiger partial charge in [-0.05, 0) is 5.56 Å². The van der Waals surface area contributed by atoms with Gasteiger partial charge in [0.05, 0.1) is 0 Å². The van der Waals surface area contributed by atoms with Crippen LogP contribution in [0.3, 0.4) is 0 Å². The molecule has 0 fully saturated rings. The summed E-state index contributed by atoms with van der Waals surface area (Å²) in [6.07, 6.45) is -1.86. The molecule has 1 aromatic rings. The van der Waals surface area contributed by atoms with Crippen molar-refractivity contribution in [3.8, 4) is 0 Å².